The summed E-state index contributed by atoms with van der Waals surface area (Å²) in [5.74, 6) is 1.02. The summed E-state index contributed by atoms with van der Waals surface area (Å²) in [6, 6.07) is 16.3. The molecule has 2 aromatic carbocycles. The van der Waals surface area contributed by atoms with Crippen molar-refractivity contribution in [3.63, 3.8) is 0 Å². The normalized spacial score (nSPS) is 12.2. The molecule has 27 heavy (non-hydrogen) atoms. The summed E-state index contributed by atoms with van der Waals surface area (Å²) in [7, 11) is 0. The van der Waals surface area contributed by atoms with Gasteiger partial charge in [0, 0.05) is 0 Å². The number of ether oxygens (including phenoxy) is 1. The van der Waals surface area contributed by atoms with Crippen LogP contribution in [-0.2, 0) is 0 Å². The van der Waals surface area contributed by atoms with E-state index in [2.05, 4.69) is 4.98 Å². The summed E-state index contributed by atoms with van der Waals surface area (Å²) >= 11 is 5.18. The van der Waals surface area contributed by atoms with Gasteiger partial charge in [0.25, 0.3) is 5.56 Å². The maximum Gasteiger partial charge on any atom is 0.262 e. The van der Waals surface area contributed by atoms with Crippen molar-refractivity contribution in [3.8, 4) is 23.1 Å². The largest absolute Gasteiger partial charge is 0.494 e. The summed E-state index contributed by atoms with van der Waals surface area (Å²) < 4.78 is 7.14. The van der Waals surface area contributed by atoms with Crippen LogP contribution in [0.15, 0.2) is 65.5 Å². The Balaban J connectivity index is 1.97. The minimum Gasteiger partial charge on any atom is -0.494 e. The zero-order valence-electron chi connectivity index (χ0n) is 14.5. The molecular formula is C20H18N2O4S. The van der Waals surface area contributed by atoms with Gasteiger partial charge < -0.3 is 14.9 Å². The van der Waals surface area contributed by atoms with Gasteiger partial charge in [-0.25, -0.2) is 0 Å². The van der Waals surface area contributed by atoms with Gasteiger partial charge in [0.15, 0.2) is 4.77 Å². The topological polar surface area (TPSA) is 87.5 Å². The fraction of sp³-hybridized carbons (Fsp3) is 0.100. The van der Waals surface area contributed by atoms with Crippen molar-refractivity contribution >= 4 is 18.3 Å². The second kappa shape index (κ2) is 8.03. The number of aromatic hydroxyl groups is 1. The van der Waals surface area contributed by atoms with E-state index in [0.29, 0.717) is 17.2 Å². The minimum absolute atomic E-state index is 0.00844. The first-order valence-electron chi connectivity index (χ1n) is 8.23. The molecule has 0 radical (unpaired) electrons. The highest BCUT2D eigenvalue weighted by molar-refractivity contribution is 7.71. The Bertz CT molecular complexity index is 1070. The van der Waals surface area contributed by atoms with Gasteiger partial charge in [0.1, 0.15) is 17.1 Å². The molecule has 1 unspecified atom stereocenters. The second-order valence-electron chi connectivity index (χ2n) is 5.84. The van der Waals surface area contributed by atoms with Crippen LogP contribution in [-0.4, -0.2) is 25.9 Å². The predicted molar refractivity (Wildman–Crippen MR) is 106 cm³/mol. The fourth-order valence-corrected chi connectivity index (χ4v) is 2.74. The first kappa shape index (κ1) is 18.6. The number of aliphatic hydroxyl groups excluding tert-OH is 1. The highest BCUT2D eigenvalue weighted by Gasteiger charge is 2.12. The first-order valence-corrected chi connectivity index (χ1v) is 8.64. The molecule has 1 heterocycles. The Morgan fingerprint density at radius 3 is 2.37 bits per heavy atom. The number of aliphatic hydroxyl groups is 1. The van der Waals surface area contributed by atoms with E-state index in [1.807, 2.05) is 30.3 Å². The molecule has 0 aliphatic heterocycles. The number of aromatic nitrogens is 2. The maximum atomic E-state index is 12.1. The average Bonchev–Trinajstić information content (AvgIpc) is 2.63. The Kier molecular flexibility index (Phi) is 5.54. The SMILES string of the molecule is CC(O)C=Cc1c(O)n(-c2ccc(Oc3ccccc3)cc2)c(=S)[nH]c1=O. The quantitative estimate of drug-likeness (QED) is 0.585. The van der Waals surface area contributed by atoms with Crippen molar-refractivity contribution in [2.45, 2.75) is 13.0 Å². The first-order chi connectivity index (χ1) is 13.0. The standard InChI is InChI=1S/C20H18N2O4S/c1-13(23)7-12-17-18(24)21-20(27)22(19(17)25)14-8-10-16(11-9-14)26-15-5-3-2-4-6-15/h2-13,23,25H,1H3,(H,21,24,27). The molecule has 138 valence electrons. The van der Waals surface area contributed by atoms with E-state index >= 15 is 0 Å². The van der Waals surface area contributed by atoms with E-state index < -0.39 is 11.7 Å². The molecule has 6 nitrogen and oxygen atoms in total. The molecule has 7 heteroatoms. The van der Waals surface area contributed by atoms with E-state index in [1.54, 1.807) is 31.2 Å². The number of H-pyrrole nitrogens is 1. The van der Waals surface area contributed by atoms with Crippen LogP contribution in [0.25, 0.3) is 11.8 Å². The van der Waals surface area contributed by atoms with Crippen molar-refractivity contribution in [1.82, 2.24) is 9.55 Å². The molecular weight excluding hydrogens is 364 g/mol. The van der Waals surface area contributed by atoms with Gasteiger partial charge in [0.05, 0.1) is 11.8 Å². The zero-order chi connectivity index (χ0) is 19.4. The van der Waals surface area contributed by atoms with Crippen LogP contribution in [0.4, 0.5) is 0 Å². The third kappa shape index (κ3) is 4.33. The highest BCUT2D eigenvalue weighted by atomic mass is 32.1. The van der Waals surface area contributed by atoms with Gasteiger partial charge >= 0.3 is 0 Å². The number of aromatic amines is 1. The lowest BCUT2D eigenvalue weighted by Crippen LogP contribution is -2.16. The van der Waals surface area contributed by atoms with Gasteiger partial charge in [-0.1, -0.05) is 24.3 Å². The Morgan fingerprint density at radius 1 is 1.11 bits per heavy atom. The third-order valence-corrected chi connectivity index (χ3v) is 4.02. The molecule has 3 rings (SSSR count). The van der Waals surface area contributed by atoms with Crippen molar-refractivity contribution in [2.24, 2.45) is 0 Å². The molecule has 0 saturated heterocycles. The molecule has 0 bridgehead atoms. The number of nitrogens with zero attached hydrogens (tertiary/aromatic N) is 1. The zero-order valence-corrected chi connectivity index (χ0v) is 15.3. The maximum absolute atomic E-state index is 12.1. The van der Waals surface area contributed by atoms with Crippen LogP contribution in [0.5, 0.6) is 17.4 Å². The van der Waals surface area contributed by atoms with Gasteiger partial charge in [-0.15, -0.1) is 0 Å². The monoisotopic (exact) mass is 382 g/mol. The number of hydrogen-bond acceptors (Lipinski definition) is 5. The molecule has 0 aliphatic carbocycles. The van der Waals surface area contributed by atoms with E-state index in [4.69, 9.17) is 17.0 Å². The minimum atomic E-state index is -0.755. The van der Waals surface area contributed by atoms with Crippen molar-refractivity contribution in [2.75, 3.05) is 0 Å². The summed E-state index contributed by atoms with van der Waals surface area (Å²) in [4.78, 5) is 14.6. The summed E-state index contributed by atoms with van der Waals surface area (Å²) in [5.41, 5.74) is 0.0321. The second-order valence-corrected chi connectivity index (χ2v) is 6.23. The van der Waals surface area contributed by atoms with Gasteiger partial charge in [-0.05, 0) is 61.6 Å². The number of rotatable bonds is 5. The predicted octanol–water partition coefficient (Wildman–Crippen LogP) is 3.79. The van der Waals surface area contributed by atoms with Gasteiger partial charge in [0.2, 0.25) is 5.88 Å². The number of para-hydroxylation sites is 1. The lowest BCUT2D eigenvalue weighted by atomic mass is 10.2. The number of nitrogens with one attached hydrogen (secondary N) is 1. The number of hydrogen-bond donors (Lipinski definition) is 3. The lowest BCUT2D eigenvalue weighted by Gasteiger charge is -2.12. The summed E-state index contributed by atoms with van der Waals surface area (Å²) in [5, 5.41) is 19.9. The molecule has 3 N–H and O–H groups in total. The van der Waals surface area contributed by atoms with E-state index in [-0.39, 0.29) is 16.2 Å². The van der Waals surface area contributed by atoms with E-state index in [1.165, 1.54) is 16.7 Å². The van der Waals surface area contributed by atoms with Crippen LogP contribution in [0.2, 0.25) is 0 Å². The third-order valence-electron chi connectivity index (χ3n) is 3.74. The van der Waals surface area contributed by atoms with Gasteiger partial charge in [-0.3, -0.25) is 14.3 Å². The smallest absolute Gasteiger partial charge is 0.262 e. The number of benzene rings is 2. The fourth-order valence-electron chi connectivity index (χ4n) is 2.45. The van der Waals surface area contributed by atoms with Crippen LogP contribution in [0, 0.1) is 4.77 Å². The molecule has 0 amide bonds. The summed E-state index contributed by atoms with van der Waals surface area (Å²) in [6.07, 6.45) is 2.00. The van der Waals surface area contributed by atoms with E-state index in [9.17, 15) is 15.0 Å². The summed E-state index contributed by atoms with van der Waals surface area (Å²) in [6.45, 7) is 1.54. The Labute approximate surface area is 160 Å². The molecule has 0 spiro atoms. The van der Waals surface area contributed by atoms with Crippen LogP contribution in [0.3, 0.4) is 0 Å². The van der Waals surface area contributed by atoms with E-state index in [0.717, 1.165) is 0 Å². The van der Waals surface area contributed by atoms with Crippen LogP contribution in [0.1, 0.15) is 12.5 Å². The Hall–Kier alpha value is -3.16. The van der Waals surface area contributed by atoms with Crippen LogP contribution < -0.4 is 10.3 Å². The lowest BCUT2D eigenvalue weighted by molar-refractivity contribution is 0.245. The highest BCUT2D eigenvalue weighted by Crippen LogP contribution is 2.25. The Morgan fingerprint density at radius 2 is 1.74 bits per heavy atom. The molecule has 0 fully saturated rings. The molecule has 0 aliphatic rings. The average molecular weight is 382 g/mol. The molecule has 3 aromatic rings. The van der Waals surface area contributed by atoms with Crippen LogP contribution >= 0.6 is 12.2 Å². The molecule has 0 saturated carbocycles. The molecule has 1 aromatic heterocycles. The van der Waals surface area contributed by atoms with Crippen molar-refractivity contribution in [1.29, 1.82) is 0 Å². The molecule has 1 atom stereocenters. The van der Waals surface area contributed by atoms with Crippen molar-refractivity contribution < 1.29 is 14.9 Å². The van der Waals surface area contributed by atoms with Crippen molar-refractivity contribution in [3.05, 3.63) is 81.4 Å². The van der Waals surface area contributed by atoms with Gasteiger partial charge in [-0.2, -0.15) is 0 Å².